The van der Waals surface area contributed by atoms with E-state index in [4.69, 9.17) is 0 Å². The predicted molar refractivity (Wildman–Crippen MR) is 121 cm³/mol. The molecule has 0 aliphatic carbocycles. The largest absolute Gasteiger partial charge is 0.337 e. The minimum atomic E-state index is -3.67. The maximum absolute atomic E-state index is 13.3. The van der Waals surface area contributed by atoms with Crippen LogP contribution in [0, 0.1) is 5.92 Å². The Bertz CT molecular complexity index is 1110. The van der Waals surface area contributed by atoms with Crippen LogP contribution in [0.2, 0.25) is 0 Å². The van der Waals surface area contributed by atoms with Crippen molar-refractivity contribution < 1.29 is 13.2 Å². The second kappa shape index (κ2) is 9.92. The molecule has 164 valence electrons. The van der Waals surface area contributed by atoms with E-state index in [1.165, 1.54) is 6.92 Å². The van der Waals surface area contributed by atoms with E-state index in [1.54, 1.807) is 27.8 Å². The molecular weight excluding hydrogens is 410 g/mol. The smallest absolute Gasteiger partial charge is 0.228 e. The molecule has 7 heteroatoms. The van der Waals surface area contributed by atoms with E-state index in [0.29, 0.717) is 36.8 Å². The number of amides is 1. The summed E-state index contributed by atoms with van der Waals surface area (Å²) in [6, 6.07) is 18.8. The molecule has 0 aliphatic rings. The molecule has 1 aromatic heterocycles. The number of hydrogen-bond donors (Lipinski definition) is 0. The Morgan fingerprint density at radius 1 is 1.00 bits per heavy atom. The fraction of sp³-hybridized carbons (Fsp3) is 0.333. The molecule has 6 nitrogen and oxygen atoms in total. The first-order valence-corrected chi connectivity index (χ1v) is 12.0. The van der Waals surface area contributed by atoms with E-state index in [-0.39, 0.29) is 16.8 Å². The second-order valence-electron chi connectivity index (χ2n) is 8.14. The summed E-state index contributed by atoms with van der Waals surface area (Å²) in [6.45, 7) is 6.91. The Balaban J connectivity index is 2.00. The SMILES string of the molecule is CC(=O)N(Cc1cnc(S(=O)(=O)Cc2ccccc2)n1Cc1ccccc1)CC(C)C. The van der Waals surface area contributed by atoms with Crippen molar-refractivity contribution in [2.24, 2.45) is 5.92 Å². The van der Waals surface area contributed by atoms with Gasteiger partial charge in [0.25, 0.3) is 0 Å². The van der Waals surface area contributed by atoms with Crippen molar-refractivity contribution in [2.75, 3.05) is 6.54 Å². The number of carbonyl (C=O) groups excluding carboxylic acids is 1. The van der Waals surface area contributed by atoms with Gasteiger partial charge >= 0.3 is 0 Å². The molecule has 0 saturated heterocycles. The fourth-order valence-electron chi connectivity index (χ4n) is 3.50. The summed E-state index contributed by atoms with van der Waals surface area (Å²) in [6.07, 6.45) is 1.58. The Morgan fingerprint density at radius 3 is 2.13 bits per heavy atom. The van der Waals surface area contributed by atoms with Crippen molar-refractivity contribution in [1.82, 2.24) is 14.5 Å². The van der Waals surface area contributed by atoms with E-state index in [9.17, 15) is 13.2 Å². The van der Waals surface area contributed by atoms with E-state index >= 15 is 0 Å². The average Bonchev–Trinajstić information content (AvgIpc) is 3.11. The summed E-state index contributed by atoms with van der Waals surface area (Å²) in [4.78, 5) is 18.2. The van der Waals surface area contributed by atoms with Gasteiger partial charge in [0.05, 0.1) is 30.7 Å². The zero-order valence-corrected chi connectivity index (χ0v) is 19.0. The number of hydrogen-bond acceptors (Lipinski definition) is 4. The Hall–Kier alpha value is -2.93. The Kier molecular flexibility index (Phi) is 7.28. The molecule has 0 fully saturated rings. The van der Waals surface area contributed by atoms with E-state index in [2.05, 4.69) is 4.98 Å². The van der Waals surface area contributed by atoms with Crippen molar-refractivity contribution in [2.45, 2.75) is 44.8 Å². The van der Waals surface area contributed by atoms with Crippen LogP contribution in [-0.2, 0) is 33.5 Å². The molecule has 1 amide bonds. The third-order valence-corrected chi connectivity index (χ3v) is 6.54. The topological polar surface area (TPSA) is 72.3 Å². The number of imidazole rings is 1. The van der Waals surface area contributed by atoms with Gasteiger partial charge in [0.2, 0.25) is 20.9 Å². The highest BCUT2D eigenvalue weighted by Crippen LogP contribution is 2.21. The maximum Gasteiger partial charge on any atom is 0.228 e. The normalized spacial score (nSPS) is 11.6. The van der Waals surface area contributed by atoms with Crippen LogP contribution < -0.4 is 0 Å². The highest BCUT2D eigenvalue weighted by molar-refractivity contribution is 7.90. The van der Waals surface area contributed by atoms with E-state index < -0.39 is 9.84 Å². The molecule has 0 aliphatic heterocycles. The quantitative estimate of drug-likeness (QED) is 0.507. The molecule has 31 heavy (non-hydrogen) atoms. The third kappa shape index (κ3) is 6.04. The highest BCUT2D eigenvalue weighted by atomic mass is 32.2. The minimum Gasteiger partial charge on any atom is -0.337 e. The first kappa shape index (κ1) is 22.7. The molecule has 0 N–H and O–H groups in total. The summed E-state index contributed by atoms with van der Waals surface area (Å²) in [5, 5.41) is 0.0308. The van der Waals surface area contributed by atoms with E-state index in [1.807, 2.05) is 62.4 Å². The van der Waals surface area contributed by atoms with Crippen LogP contribution >= 0.6 is 0 Å². The summed E-state index contributed by atoms with van der Waals surface area (Å²) in [5.41, 5.74) is 2.38. The lowest BCUT2D eigenvalue weighted by Crippen LogP contribution is -2.32. The van der Waals surface area contributed by atoms with Gasteiger partial charge in [-0.3, -0.25) is 4.79 Å². The van der Waals surface area contributed by atoms with Crippen LogP contribution in [0.1, 0.15) is 37.6 Å². The summed E-state index contributed by atoms with van der Waals surface area (Å²) >= 11 is 0. The molecule has 0 bridgehead atoms. The average molecular weight is 440 g/mol. The Morgan fingerprint density at radius 2 is 1.58 bits per heavy atom. The van der Waals surface area contributed by atoms with Gasteiger partial charge in [0.1, 0.15) is 0 Å². The van der Waals surface area contributed by atoms with E-state index in [0.717, 1.165) is 5.56 Å². The molecule has 3 rings (SSSR count). The van der Waals surface area contributed by atoms with Gasteiger partial charge in [-0.1, -0.05) is 74.5 Å². The number of aromatic nitrogens is 2. The number of carbonyl (C=O) groups is 1. The van der Waals surface area contributed by atoms with Gasteiger partial charge < -0.3 is 9.47 Å². The molecular formula is C24H29N3O3S. The van der Waals surface area contributed by atoms with Crippen molar-refractivity contribution >= 4 is 15.7 Å². The van der Waals surface area contributed by atoms with Crippen LogP contribution in [0.3, 0.4) is 0 Å². The molecule has 0 saturated carbocycles. The highest BCUT2D eigenvalue weighted by Gasteiger charge is 2.25. The van der Waals surface area contributed by atoms with Crippen LogP contribution in [0.4, 0.5) is 0 Å². The van der Waals surface area contributed by atoms with Crippen molar-refractivity contribution in [1.29, 1.82) is 0 Å². The second-order valence-corrected chi connectivity index (χ2v) is 10.0. The molecule has 0 radical (unpaired) electrons. The standard InChI is InChI=1S/C24H29N3O3S/c1-19(2)15-26(20(3)28)17-23-14-25-24(27(23)16-21-10-6-4-7-11-21)31(29,30)18-22-12-8-5-9-13-22/h4-14,19H,15-18H2,1-3H3. The Labute approximate surface area is 184 Å². The van der Waals surface area contributed by atoms with Crippen molar-refractivity contribution in [3.05, 3.63) is 83.7 Å². The monoisotopic (exact) mass is 439 g/mol. The molecule has 3 aromatic rings. The lowest BCUT2D eigenvalue weighted by atomic mass is 10.2. The summed E-state index contributed by atoms with van der Waals surface area (Å²) in [7, 11) is -3.67. The van der Waals surface area contributed by atoms with Crippen LogP contribution in [-0.4, -0.2) is 35.3 Å². The van der Waals surface area contributed by atoms with Gasteiger partial charge in [0, 0.05) is 13.5 Å². The molecule has 0 atom stereocenters. The van der Waals surface area contributed by atoms with Crippen LogP contribution in [0.15, 0.2) is 72.0 Å². The number of sulfone groups is 1. The van der Waals surface area contributed by atoms with Gasteiger partial charge in [-0.05, 0) is 17.0 Å². The fourth-order valence-corrected chi connectivity index (χ4v) is 4.99. The lowest BCUT2D eigenvalue weighted by molar-refractivity contribution is -0.130. The lowest BCUT2D eigenvalue weighted by Gasteiger charge is -2.24. The van der Waals surface area contributed by atoms with Crippen LogP contribution in [0.5, 0.6) is 0 Å². The third-order valence-electron chi connectivity index (χ3n) is 4.95. The maximum atomic E-state index is 13.3. The minimum absolute atomic E-state index is 0.0308. The molecule has 2 aromatic carbocycles. The summed E-state index contributed by atoms with van der Waals surface area (Å²) < 4.78 is 28.2. The van der Waals surface area contributed by atoms with Gasteiger partial charge in [-0.15, -0.1) is 0 Å². The van der Waals surface area contributed by atoms with Gasteiger partial charge in [-0.2, -0.15) is 0 Å². The summed E-state index contributed by atoms with van der Waals surface area (Å²) in [5.74, 6) is 0.132. The zero-order valence-electron chi connectivity index (χ0n) is 18.2. The molecule has 1 heterocycles. The molecule has 0 spiro atoms. The number of nitrogens with zero attached hydrogens (tertiary/aromatic N) is 3. The van der Waals surface area contributed by atoms with Gasteiger partial charge in [0.15, 0.2) is 0 Å². The first-order chi connectivity index (χ1) is 14.8. The van der Waals surface area contributed by atoms with Gasteiger partial charge in [-0.25, -0.2) is 13.4 Å². The van der Waals surface area contributed by atoms with Crippen LogP contribution in [0.25, 0.3) is 0 Å². The number of rotatable bonds is 9. The zero-order chi connectivity index (χ0) is 22.4. The van der Waals surface area contributed by atoms with Crippen molar-refractivity contribution in [3.63, 3.8) is 0 Å². The number of benzene rings is 2. The first-order valence-electron chi connectivity index (χ1n) is 10.4. The van der Waals surface area contributed by atoms with Crippen molar-refractivity contribution in [3.8, 4) is 0 Å². The predicted octanol–water partition coefficient (Wildman–Crippen LogP) is 3.91. The molecule has 0 unspecified atom stereocenters.